The van der Waals surface area contributed by atoms with Crippen LogP contribution < -0.4 is 9.96 Å². The summed E-state index contributed by atoms with van der Waals surface area (Å²) < 4.78 is 0. The molecule has 2 amide bonds. The molecule has 0 unspecified atom stereocenters. The van der Waals surface area contributed by atoms with Crippen LogP contribution in [-0.4, -0.2) is 24.0 Å². The monoisotopic (exact) mass is 364 g/mol. The van der Waals surface area contributed by atoms with E-state index in [-0.39, 0.29) is 17.9 Å². The third kappa shape index (κ3) is 2.92. The van der Waals surface area contributed by atoms with Gasteiger partial charge in [0.25, 0.3) is 5.91 Å². The minimum Gasteiger partial charge on any atom is -0.273 e. The van der Waals surface area contributed by atoms with Gasteiger partial charge in [0.05, 0.1) is 23.3 Å². The van der Waals surface area contributed by atoms with Crippen molar-refractivity contribution in [2.45, 2.75) is 45.3 Å². The maximum Gasteiger partial charge on any atom is 0.266 e. The molecule has 2 aromatic rings. The zero-order valence-electron chi connectivity index (χ0n) is 15.7. The number of aryl methyl sites for hydroxylation is 1. The molecule has 4 rings (SSSR count). The molecule has 0 aliphatic carbocycles. The maximum absolute atomic E-state index is 13.2. The summed E-state index contributed by atoms with van der Waals surface area (Å²) in [7, 11) is 0. The normalized spacial score (nSPS) is 24.6. The minimum absolute atomic E-state index is 0.140. The lowest BCUT2D eigenvalue weighted by atomic mass is 9.93. The molecular formula is C22H24N2O3. The van der Waals surface area contributed by atoms with Crippen molar-refractivity contribution in [1.29, 1.82) is 0 Å². The summed E-state index contributed by atoms with van der Waals surface area (Å²) in [4.78, 5) is 33.6. The number of carbonyl (C=O) groups excluding carboxylic acids is 2. The second kappa shape index (κ2) is 7.16. The molecule has 2 aliphatic heterocycles. The molecule has 5 nitrogen and oxygen atoms in total. The highest BCUT2D eigenvalue weighted by Gasteiger charge is 2.59. The van der Waals surface area contributed by atoms with Gasteiger partial charge in [0.1, 0.15) is 0 Å². The lowest BCUT2D eigenvalue weighted by Gasteiger charge is -2.28. The fourth-order valence-corrected chi connectivity index (χ4v) is 4.05. The number of carbonyl (C=O) groups is 2. The standard InChI is InChI=1S/C22H24N2O3/c1-3-8-18-19-20(27-24(18)17-9-6-5-7-10-17)22(26)23(21(19)25)16-13-11-15(4-2)12-14-16/h5-7,9-14,18-20H,3-4,8H2,1-2H3/t18-,19+,20+/m1/s1. The summed E-state index contributed by atoms with van der Waals surface area (Å²) in [6.07, 6.45) is 1.87. The highest BCUT2D eigenvalue weighted by molar-refractivity contribution is 6.23. The van der Waals surface area contributed by atoms with E-state index in [1.165, 1.54) is 10.5 Å². The Morgan fingerprint density at radius 2 is 1.59 bits per heavy atom. The van der Waals surface area contributed by atoms with Crippen molar-refractivity contribution >= 4 is 23.2 Å². The van der Waals surface area contributed by atoms with E-state index >= 15 is 0 Å². The number of para-hydroxylation sites is 1. The summed E-state index contributed by atoms with van der Waals surface area (Å²) in [6, 6.07) is 17.2. The number of hydrogen-bond acceptors (Lipinski definition) is 4. The summed E-state index contributed by atoms with van der Waals surface area (Å²) in [5.74, 6) is -0.900. The molecule has 27 heavy (non-hydrogen) atoms. The highest BCUT2D eigenvalue weighted by atomic mass is 16.7. The molecule has 3 atom stereocenters. The highest BCUT2D eigenvalue weighted by Crippen LogP contribution is 2.41. The molecule has 2 aliphatic rings. The van der Waals surface area contributed by atoms with E-state index in [2.05, 4.69) is 13.8 Å². The van der Waals surface area contributed by atoms with Gasteiger partial charge in [-0.1, -0.05) is 50.6 Å². The molecule has 0 N–H and O–H groups in total. The Morgan fingerprint density at radius 1 is 0.889 bits per heavy atom. The molecule has 2 heterocycles. The third-order valence-electron chi connectivity index (χ3n) is 5.44. The number of hydroxylamine groups is 1. The molecule has 0 spiro atoms. The Kier molecular flexibility index (Phi) is 4.70. The Morgan fingerprint density at radius 3 is 2.22 bits per heavy atom. The number of amides is 2. The molecule has 0 bridgehead atoms. The molecule has 5 heteroatoms. The number of anilines is 2. The van der Waals surface area contributed by atoms with Crippen LogP contribution >= 0.6 is 0 Å². The smallest absolute Gasteiger partial charge is 0.266 e. The van der Waals surface area contributed by atoms with E-state index in [4.69, 9.17) is 4.84 Å². The zero-order valence-corrected chi connectivity index (χ0v) is 15.7. The van der Waals surface area contributed by atoms with Gasteiger partial charge in [-0.05, 0) is 42.7 Å². The Balaban J connectivity index is 1.65. The van der Waals surface area contributed by atoms with Crippen LogP contribution in [0.5, 0.6) is 0 Å². The predicted molar refractivity (Wildman–Crippen MR) is 104 cm³/mol. The first kappa shape index (κ1) is 17.7. The average Bonchev–Trinajstić information content (AvgIpc) is 3.19. The fourth-order valence-electron chi connectivity index (χ4n) is 4.05. The average molecular weight is 364 g/mol. The number of benzene rings is 2. The van der Waals surface area contributed by atoms with E-state index in [1.54, 1.807) is 5.06 Å². The second-order valence-electron chi connectivity index (χ2n) is 7.10. The van der Waals surface area contributed by atoms with E-state index in [0.29, 0.717) is 5.69 Å². The van der Waals surface area contributed by atoms with Gasteiger partial charge < -0.3 is 0 Å². The van der Waals surface area contributed by atoms with Crippen molar-refractivity contribution in [2.24, 2.45) is 5.92 Å². The number of rotatable bonds is 5. The summed E-state index contributed by atoms with van der Waals surface area (Å²) >= 11 is 0. The van der Waals surface area contributed by atoms with Gasteiger partial charge in [-0.25, -0.2) is 9.96 Å². The van der Waals surface area contributed by atoms with Crippen molar-refractivity contribution < 1.29 is 14.4 Å². The lowest BCUT2D eigenvalue weighted by Crippen LogP contribution is -2.40. The van der Waals surface area contributed by atoms with Crippen molar-refractivity contribution in [2.75, 3.05) is 9.96 Å². The molecule has 2 fully saturated rings. The quantitative estimate of drug-likeness (QED) is 0.759. The molecule has 0 radical (unpaired) electrons. The van der Waals surface area contributed by atoms with Gasteiger partial charge in [0.15, 0.2) is 6.10 Å². The zero-order chi connectivity index (χ0) is 19.0. The molecule has 0 aromatic heterocycles. The van der Waals surface area contributed by atoms with Crippen LogP contribution in [0.2, 0.25) is 0 Å². The molecular weight excluding hydrogens is 340 g/mol. The third-order valence-corrected chi connectivity index (χ3v) is 5.44. The van der Waals surface area contributed by atoms with Gasteiger partial charge in [0.2, 0.25) is 5.91 Å². The number of imide groups is 1. The summed E-state index contributed by atoms with van der Waals surface area (Å²) in [5.41, 5.74) is 2.68. The SMILES string of the molecule is CCC[C@@H]1[C@@H]2C(=O)N(c3ccc(CC)cc3)C(=O)[C@H]2ON1c1ccccc1. The number of nitrogens with zero attached hydrogens (tertiary/aromatic N) is 2. The van der Waals surface area contributed by atoms with Gasteiger partial charge in [-0.15, -0.1) is 0 Å². The van der Waals surface area contributed by atoms with Gasteiger partial charge in [-0.3, -0.25) is 14.4 Å². The minimum atomic E-state index is -0.750. The van der Waals surface area contributed by atoms with Crippen LogP contribution in [-0.2, 0) is 20.8 Å². The van der Waals surface area contributed by atoms with Gasteiger partial charge >= 0.3 is 0 Å². The Bertz CT molecular complexity index is 834. The first-order chi connectivity index (χ1) is 13.2. The van der Waals surface area contributed by atoms with E-state index in [1.807, 2.05) is 54.6 Å². The molecule has 140 valence electrons. The number of fused-ring (bicyclic) bond motifs is 1. The van der Waals surface area contributed by atoms with E-state index in [0.717, 1.165) is 24.9 Å². The fraction of sp³-hybridized carbons (Fsp3) is 0.364. The molecule has 2 aromatic carbocycles. The van der Waals surface area contributed by atoms with E-state index < -0.39 is 12.0 Å². The second-order valence-corrected chi connectivity index (χ2v) is 7.10. The van der Waals surface area contributed by atoms with Gasteiger partial charge in [0, 0.05) is 0 Å². The Labute approximate surface area is 159 Å². The van der Waals surface area contributed by atoms with Gasteiger partial charge in [-0.2, -0.15) is 0 Å². The van der Waals surface area contributed by atoms with Crippen molar-refractivity contribution in [1.82, 2.24) is 0 Å². The summed E-state index contributed by atoms with van der Waals surface area (Å²) in [6.45, 7) is 4.16. The van der Waals surface area contributed by atoms with Crippen LogP contribution in [0, 0.1) is 5.92 Å². The van der Waals surface area contributed by atoms with Crippen LogP contribution in [0.3, 0.4) is 0 Å². The van der Waals surface area contributed by atoms with Crippen molar-refractivity contribution in [3.63, 3.8) is 0 Å². The summed E-state index contributed by atoms with van der Waals surface area (Å²) in [5, 5.41) is 1.77. The maximum atomic E-state index is 13.2. The van der Waals surface area contributed by atoms with E-state index in [9.17, 15) is 9.59 Å². The predicted octanol–water partition coefficient (Wildman–Crippen LogP) is 3.73. The first-order valence-electron chi connectivity index (χ1n) is 9.63. The van der Waals surface area contributed by atoms with Crippen molar-refractivity contribution in [3.8, 4) is 0 Å². The topological polar surface area (TPSA) is 49.9 Å². The molecule has 2 saturated heterocycles. The Hall–Kier alpha value is -2.66. The van der Waals surface area contributed by atoms with Crippen LogP contribution in [0.4, 0.5) is 11.4 Å². The first-order valence-corrected chi connectivity index (χ1v) is 9.63. The lowest BCUT2D eigenvalue weighted by molar-refractivity contribution is -0.126. The van der Waals surface area contributed by atoms with Crippen LogP contribution in [0.25, 0.3) is 0 Å². The largest absolute Gasteiger partial charge is 0.273 e. The van der Waals surface area contributed by atoms with Crippen LogP contribution in [0.15, 0.2) is 54.6 Å². The molecule has 0 saturated carbocycles. The number of hydrogen-bond donors (Lipinski definition) is 0. The van der Waals surface area contributed by atoms with Crippen molar-refractivity contribution in [3.05, 3.63) is 60.2 Å². The van der Waals surface area contributed by atoms with Crippen LogP contribution in [0.1, 0.15) is 32.3 Å².